The van der Waals surface area contributed by atoms with E-state index >= 15 is 0 Å². The maximum atomic E-state index is 12.4. The molecular formula is C19H20N4OS. The number of thiophene rings is 1. The molecule has 6 heteroatoms. The summed E-state index contributed by atoms with van der Waals surface area (Å²) in [7, 11) is 1.82. The highest BCUT2D eigenvalue weighted by molar-refractivity contribution is 7.11. The zero-order valence-electron chi connectivity index (χ0n) is 14.5. The first-order chi connectivity index (χ1) is 12.1. The fourth-order valence-electron chi connectivity index (χ4n) is 2.48. The Labute approximate surface area is 151 Å². The quantitative estimate of drug-likeness (QED) is 0.655. The summed E-state index contributed by atoms with van der Waals surface area (Å²) < 4.78 is 1.70. The van der Waals surface area contributed by atoms with Gasteiger partial charge in [0.15, 0.2) is 0 Å². The number of carbonyl (C=O) groups excluding carboxylic acids is 1. The summed E-state index contributed by atoms with van der Waals surface area (Å²) in [5, 5.41) is 6.14. The lowest BCUT2D eigenvalue weighted by atomic mass is 10.1. The van der Waals surface area contributed by atoms with E-state index in [9.17, 15) is 4.79 Å². The summed E-state index contributed by atoms with van der Waals surface area (Å²) in [6.45, 7) is 4.07. The molecule has 1 atom stereocenters. The van der Waals surface area contributed by atoms with Gasteiger partial charge in [0, 0.05) is 18.0 Å². The first kappa shape index (κ1) is 17.1. The van der Waals surface area contributed by atoms with Crippen molar-refractivity contribution in [2.24, 2.45) is 0 Å². The lowest BCUT2D eigenvalue weighted by molar-refractivity contribution is -0.126. The highest BCUT2D eigenvalue weighted by atomic mass is 32.1. The van der Waals surface area contributed by atoms with E-state index in [2.05, 4.69) is 16.1 Å². The lowest BCUT2D eigenvalue weighted by Crippen LogP contribution is -2.27. The number of carbonyl (C=O) groups is 1. The third kappa shape index (κ3) is 3.85. The Balaban J connectivity index is 1.69. The minimum atomic E-state index is -0.0219. The van der Waals surface area contributed by atoms with Crippen molar-refractivity contribution in [2.75, 3.05) is 7.05 Å². The van der Waals surface area contributed by atoms with Crippen molar-refractivity contribution in [3.05, 3.63) is 70.4 Å². The first-order valence-electron chi connectivity index (χ1n) is 8.00. The van der Waals surface area contributed by atoms with Crippen molar-refractivity contribution < 1.29 is 4.79 Å². The van der Waals surface area contributed by atoms with Gasteiger partial charge in [-0.3, -0.25) is 4.79 Å². The smallest absolute Gasteiger partial charge is 0.246 e. The van der Waals surface area contributed by atoms with E-state index in [4.69, 9.17) is 0 Å². The van der Waals surface area contributed by atoms with Crippen LogP contribution in [-0.4, -0.2) is 32.6 Å². The van der Waals surface area contributed by atoms with E-state index in [-0.39, 0.29) is 11.9 Å². The Kier molecular flexibility index (Phi) is 5.09. The van der Waals surface area contributed by atoms with E-state index in [0.29, 0.717) is 0 Å². The molecule has 0 radical (unpaired) electrons. The average molecular weight is 352 g/mol. The van der Waals surface area contributed by atoms with Gasteiger partial charge < -0.3 is 4.90 Å². The van der Waals surface area contributed by atoms with Gasteiger partial charge in [-0.1, -0.05) is 12.1 Å². The summed E-state index contributed by atoms with van der Waals surface area (Å²) in [4.78, 5) is 19.2. The van der Waals surface area contributed by atoms with Crippen LogP contribution in [0.2, 0.25) is 0 Å². The van der Waals surface area contributed by atoms with E-state index in [1.54, 1.807) is 33.3 Å². The molecule has 3 rings (SSSR count). The van der Waals surface area contributed by atoms with Gasteiger partial charge in [-0.15, -0.1) is 11.3 Å². The summed E-state index contributed by atoms with van der Waals surface area (Å²) in [5.74, 6) is -0.0133. The molecule has 0 saturated heterocycles. The molecule has 1 amide bonds. The van der Waals surface area contributed by atoms with Gasteiger partial charge in [0.05, 0.1) is 11.7 Å². The number of nitrogens with zero attached hydrogens (tertiary/aromatic N) is 4. The van der Waals surface area contributed by atoms with Gasteiger partial charge in [-0.25, -0.2) is 9.67 Å². The van der Waals surface area contributed by atoms with Crippen LogP contribution in [-0.2, 0) is 4.79 Å². The highest BCUT2D eigenvalue weighted by Crippen LogP contribution is 2.21. The molecule has 5 nitrogen and oxygen atoms in total. The molecule has 128 valence electrons. The molecule has 1 unspecified atom stereocenters. The van der Waals surface area contributed by atoms with Crippen molar-refractivity contribution in [1.29, 1.82) is 0 Å². The third-order valence-electron chi connectivity index (χ3n) is 4.27. The predicted octanol–water partition coefficient (Wildman–Crippen LogP) is 3.87. The van der Waals surface area contributed by atoms with Crippen molar-refractivity contribution in [3.8, 4) is 5.69 Å². The van der Waals surface area contributed by atoms with Crippen molar-refractivity contribution in [2.45, 2.75) is 19.9 Å². The predicted molar refractivity (Wildman–Crippen MR) is 101 cm³/mol. The van der Waals surface area contributed by atoms with Crippen molar-refractivity contribution >= 4 is 23.3 Å². The molecule has 0 N–H and O–H groups in total. The molecule has 0 aliphatic carbocycles. The van der Waals surface area contributed by atoms with Gasteiger partial charge in [-0.05, 0) is 54.6 Å². The van der Waals surface area contributed by atoms with Crippen LogP contribution in [0, 0.1) is 6.92 Å². The van der Waals surface area contributed by atoms with Crippen LogP contribution < -0.4 is 0 Å². The molecule has 0 aliphatic heterocycles. The standard InChI is InChI=1S/C19H20N4OS/c1-14-10-11-25-18(14)8-9-19(24)22(3)15(2)16-4-6-17(7-5-16)23-13-20-12-21-23/h4-13,15H,1-3H3. The molecule has 0 aliphatic rings. The number of aryl methyl sites for hydroxylation is 1. The Bertz CT molecular complexity index is 865. The Hall–Kier alpha value is -2.73. The number of amides is 1. The molecule has 2 aromatic heterocycles. The summed E-state index contributed by atoms with van der Waals surface area (Å²) in [6, 6.07) is 10.0. The number of benzene rings is 1. The lowest BCUT2D eigenvalue weighted by Gasteiger charge is -2.24. The summed E-state index contributed by atoms with van der Waals surface area (Å²) in [5.41, 5.74) is 3.20. The molecule has 25 heavy (non-hydrogen) atoms. The first-order valence-corrected chi connectivity index (χ1v) is 8.88. The fourth-order valence-corrected chi connectivity index (χ4v) is 3.30. The number of hydrogen-bond donors (Lipinski definition) is 0. The number of aromatic nitrogens is 3. The van der Waals surface area contributed by atoms with E-state index in [1.807, 2.05) is 56.6 Å². The van der Waals surface area contributed by atoms with Crippen LogP contribution >= 0.6 is 11.3 Å². The van der Waals surface area contributed by atoms with Crippen molar-refractivity contribution in [3.63, 3.8) is 0 Å². The van der Waals surface area contributed by atoms with Crippen LogP contribution in [0.3, 0.4) is 0 Å². The second-order valence-electron chi connectivity index (χ2n) is 5.86. The molecule has 0 fully saturated rings. The van der Waals surface area contributed by atoms with E-state index in [1.165, 1.54) is 11.9 Å². The van der Waals surface area contributed by atoms with Crippen molar-refractivity contribution in [1.82, 2.24) is 19.7 Å². The van der Waals surface area contributed by atoms with Gasteiger partial charge >= 0.3 is 0 Å². The van der Waals surface area contributed by atoms with Gasteiger partial charge in [-0.2, -0.15) is 5.10 Å². The SMILES string of the molecule is Cc1ccsc1C=CC(=O)N(C)C(C)c1ccc(-n2cncn2)cc1. The molecule has 0 bridgehead atoms. The number of hydrogen-bond acceptors (Lipinski definition) is 4. The van der Waals surface area contributed by atoms with Gasteiger partial charge in [0.25, 0.3) is 0 Å². The maximum Gasteiger partial charge on any atom is 0.246 e. The minimum absolute atomic E-state index is 0.0133. The van der Waals surface area contributed by atoms with Crippen LogP contribution in [0.15, 0.2) is 54.4 Å². The second kappa shape index (κ2) is 7.44. The largest absolute Gasteiger partial charge is 0.335 e. The minimum Gasteiger partial charge on any atom is -0.335 e. The normalized spacial score (nSPS) is 12.4. The molecule has 3 aromatic rings. The zero-order valence-corrected chi connectivity index (χ0v) is 15.3. The molecule has 0 spiro atoms. The maximum absolute atomic E-state index is 12.4. The van der Waals surface area contributed by atoms with Gasteiger partial charge in [0.1, 0.15) is 12.7 Å². The summed E-state index contributed by atoms with van der Waals surface area (Å²) >= 11 is 1.64. The van der Waals surface area contributed by atoms with Crippen LogP contribution in [0.5, 0.6) is 0 Å². The van der Waals surface area contributed by atoms with Gasteiger partial charge in [0.2, 0.25) is 5.91 Å². The molecule has 0 saturated carbocycles. The Morgan fingerprint density at radius 2 is 2.04 bits per heavy atom. The van der Waals surface area contributed by atoms with E-state index in [0.717, 1.165) is 16.1 Å². The average Bonchev–Trinajstić information content (AvgIpc) is 3.30. The molecule has 2 heterocycles. The molecular weight excluding hydrogens is 332 g/mol. The monoisotopic (exact) mass is 352 g/mol. The summed E-state index contributed by atoms with van der Waals surface area (Å²) in [6.07, 6.45) is 6.69. The van der Waals surface area contributed by atoms with E-state index < -0.39 is 0 Å². The zero-order chi connectivity index (χ0) is 17.8. The van der Waals surface area contributed by atoms with Crippen LogP contribution in [0.4, 0.5) is 0 Å². The number of likely N-dealkylation sites (N-methyl/N-ethyl adjacent to an activating group) is 1. The Morgan fingerprint density at radius 1 is 1.28 bits per heavy atom. The van der Waals surface area contributed by atoms with Crippen LogP contribution in [0.1, 0.15) is 29.0 Å². The molecule has 1 aromatic carbocycles. The topological polar surface area (TPSA) is 51.0 Å². The fraction of sp³-hybridized carbons (Fsp3) is 0.211. The van der Waals surface area contributed by atoms with Crippen LogP contribution in [0.25, 0.3) is 11.8 Å². The third-order valence-corrected chi connectivity index (χ3v) is 5.25. The highest BCUT2D eigenvalue weighted by Gasteiger charge is 2.15. The Morgan fingerprint density at radius 3 is 2.64 bits per heavy atom. The number of rotatable bonds is 5. The second-order valence-corrected chi connectivity index (χ2v) is 6.81.